The largest absolute Gasteiger partial charge is 0.0625 e. The van der Waals surface area contributed by atoms with Crippen molar-refractivity contribution in [2.75, 3.05) is 0 Å². The van der Waals surface area contributed by atoms with Gasteiger partial charge in [0.1, 0.15) is 0 Å². The van der Waals surface area contributed by atoms with Crippen molar-refractivity contribution in [3.05, 3.63) is 60.2 Å². The molecule has 0 unspecified atom stereocenters. The lowest BCUT2D eigenvalue weighted by Gasteiger charge is -2.11. The molecule has 0 aliphatic rings. The van der Waals surface area contributed by atoms with Crippen LogP contribution in [0.5, 0.6) is 0 Å². The van der Waals surface area contributed by atoms with Gasteiger partial charge in [-0.3, -0.25) is 0 Å². The smallest absolute Gasteiger partial charge is 0.0152 e. The summed E-state index contributed by atoms with van der Waals surface area (Å²) in [6.07, 6.45) is 1.14. The third-order valence-electron chi connectivity index (χ3n) is 2.73. The van der Waals surface area contributed by atoms with E-state index in [2.05, 4.69) is 68.4 Å². The zero-order chi connectivity index (χ0) is 11.4. The molecule has 0 saturated heterocycles. The van der Waals surface area contributed by atoms with Gasteiger partial charge in [-0.1, -0.05) is 68.4 Å². The van der Waals surface area contributed by atoms with Gasteiger partial charge in [0.15, 0.2) is 0 Å². The Balaban J connectivity index is 2.41. The van der Waals surface area contributed by atoms with Gasteiger partial charge in [0.05, 0.1) is 0 Å². The lowest BCUT2D eigenvalue weighted by Crippen LogP contribution is -1.96. The van der Waals surface area contributed by atoms with Gasteiger partial charge in [0.2, 0.25) is 0 Å². The first kappa shape index (κ1) is 10.9. The Morgan fingerprint density at radius 3 is 2.12 bits per heavy atom. The molecular weight excluding hydrogens is 192 g/mol. The molecule has 0 heterocycles. The van der Waals surface area contributed by atoms with Gasteiger partial charge in [-0.05, 0) is 29.0 Å². The molecule has 0 aliphatic carbocycles. The average Bonchev–Trinajstić information content (AvgIpc) is 2.30. The highest BCUT2D eigenvalue weighted by Crippen LogP contribution is 2.25. The van der Waals surface area contributed by atoms with Crippen LogP contribution in [0, 0.1) is 5.92 Å². The van der Waals surface area contributed by atoms with E-state index in [0.717, 1.165) is 6.42 Å². The summed E-state index contributed by atoms with van der Waals surface area (Å²) >= 11 is 0. The molecule has 0 saturated carbocycles. The molecule has 0 nitrogen and oxygen atoms in total. The lowest BCUT2D eigenvalue weighted by molar-refractivity contribution is 0.648. The molecule has 82 valence electrons. The summed E-state index contributed by atoms with van der Waals surface area (Å²) in [4.78, 5) is 0. The van der Waals surface area contributed by atoms with Crippen LogP contribution in [0.25, 0.3) is 11.1 Å². The van der Waals surface area contributed by atoms with Crippen LogP contribution in [0.2, 0.25) is 0 Å². The van der Waals surface area contributed by atoms with E-state index < -0.39 is 0 Å². The van der Waals surface area contributed by atoms with Gasteiger partial charge in [-0.2, -0.15) is 0 Å². The van der Waals surface area contributed by atoms with Gasteiger partial charge >= 0.3 is 0 Å². The molecule has 0 spiro atoms. The zero-order valence-corrected chi connectivity index (χ0v) is 9.98. The number of hydrogen-bond acceptors (Lipinski definition) is 0. The van der Waals surface area contributed by atoms with E-state index in [9.17, 15) is 0 Å². The molecule has 0 heteroatoms. The van der Waals surface area contributed by atoms with E-state index in [-0.39, 0.29) is 0 Å². The van der Waals surface area contributed by atoms with E-state index in [0.29, 0.717) is 5.92 Å². The highest BCUT2D eigenvalue weighted by atomic mass is 14.1. The Morgan fingerprint density at radius 2 is 1.44 bits per heavy atom. The van der Waals surface area contributed by atoms with Gasteiger partial charge in [-0.25, -0.2) is 0 Å². The third-order valence-corrected chi connectivity index (χ3v) is 2.73. The molecule has 2 aromatic rings. The fraction of sp³-hybridized carbons (Fsp3) is 0.250. The number of rotatable bonds is 3. The maximum Gasteiger partial charge on any atom is -0.0152 e. The first-order valence-corrected chi connectivity index (χ1v) is 5.90. The van der Waals surface area contributed by atoms with Crippen molar-refractivity contribution in [2.24, 2.45) is 5.92 Å². The van der Waals surface area contributed by atoms with E-state index >= 15 is 0 Å². The van der Waals surface area contributed by atoms with Gasteiger partial charge in [0.25, 0.3) is 0 Å². The van der Waals surface area contributed by atoms with Crippen molar-refractivity contribution in [3.63, 3.8) is 0 Å². The van der Waals surface area contributed by atoms with E-state index in [1.54, 1.807) is 0 Å². The summed E-state index contributed by atoms with van der Waals surface area (Å²) in [5.74, 6) is 0.699. The van der Waals surface area contributed by atoms with Crippen molar-refractivity contribution in [1.29, 1.82) is 0 Å². The molecule has 16 heavy (non-hydrogen) atoms. The summed E-state index contributed by atoms with van der Waals surface area (Å²) in [5.41, 5.74) is 4.14. The zero-order valence-electron chi connectivity index (χ0n) is 9.98. The molecule has 2 aromatic carbocycles. The van der Waals surface area contributed by atoms with Gasteiger partial charge < -0.3 is 0 Å². The molecule has 0 N–H and O–H groups in total. The summed E-state index contributed by atoms with van der Waals surface area (Å²) in [5, 5.41) is 0. The lowest BCUT2D eigenvalue weighted by atomic mass is 9.94. The summed E-state index contributed by atoms with van der Waals surface area (Å²) < 4.78 is 0. The van der Waals surface area contributed by atoms with Crippen LogP contribution in [0.4, 0.5) is 0 Å². The van der Waals surface area contributed by atoms with Crippen LogP contribution in [-0.4, -0.2) is 0 Å². The standard InChI is InChI=1S/C16H18/c1-13(2)12-15-10-6-7-11-16(15)14-8-4-3-5-9-14/h3-11,13H,12H2,1-2H3. The second-order valence-corrected chi connectivity index (χ2v) is 4.62. The quantitative estimate of drug-likeness (QED) is 0.697. The maximum atomic E-state index is 2.27. The minimum Gasteiger partial charge on any atom is -0.0625 e. The summed E-state index contributed by atoms with van der Waals surface area (Å²) in [6.45, 7) is 4.53. The fourth-order valence-corrected chi connectivity index (χ4v) is 2.04. The Bertz CT molecular complexity index is 441. The molecule has 0 aromatic heterocycles. The second kappa shape index (κ2) is 4.98. The molecule has 2 rings (SSSR count). The molecule has 0 bridgehead atoms. The molecule has 0 amide bonds. The number of benzene rings is 2. The topological polar surface area (TPSA) is 0 Å². The molecule has 0 fully saturated rings. The first-order chi connectivity index (χ1) is 7.77. The van der Waals surface area contributed by atoms with Crippen molar-refractivity contribution < 1.29 is 0 Å². The Hall–Kier alpha value is -1.56. The predicted octanol–water partition coefficient (Wildman–Crippen LogP) is 4.55. The fourth-order valence-electron chi connectivity index (χ4n) is 2.04. The minimum absolute atomic E-state index is 0.699. The summed E-state index contributed by atoms with van der Waals surface area (Å²) in [6, 6.07) is 19.3. The van der Waals surface area contributed by atoms with Crippen LogP contribution < -0.4 is 0 Å². The Kier molecular flexibility index (Phi) is 3.40. The van der Waals surface area contributed by atoms with Crippen molar-refractivity contribution in [1.82, 2.24) is 0 Å². The maximum absolute atomic E-state index is 2.27. The molecule has 0 aliphatic heterocycles. The van der Waals surface area contributed by atoms with E-state index in [1.807, 2.05) is 0 Å². The van der Waals surface area contributed by atoms with Crippen molar-refractivity contribution >= 4 is 0 Å². The van der Waals surface area contributed by atoms with Gasteiger partial charge in [0, 0.05) is 0 Å². The van der Waals surface area contributed by atoms with Crippen LogP contribution in [0.15, 0.2) is 54.6 Å². The van der Waals surface area contributed by atoms with Crippen molar-refractivity contribution in [2.45, 2.75) is 20.3 Å². The first-order valence-electron chi connectivity index (χ1n) is 5.90. The van der Waals surface area contributed by atoms with Crippen LogP contribution >= 0.6 is 0 Å². The Labute approximate surface area is 97.9 Å². The average molecular weight is 210 g/mol. The minimum atomic E-state index is 0.699. The van der Waals surface area contributed by atoms with Crippen LogP contribution in [-0.2, 0) is 6.42 Å². The van der Waals surface area contributed by atoms with Crippen LogP contribution in [0.3, 0.4) is 0 Å². The predicted molar refractivity (Wildman–Crippen MR) is 70.4 cm³/mol. The van der Waals surface area contributed by atoms with E-state index in [4.69, 9.17) is 0 Å². The highest BCUT2D eigenvalue weighted by molar-refractivity contribution is 5.67. The monoisotopic (exact) mass is 210 g/mol. The van der Waals surface area contributed by atoms with E-state index in [1.165, 1.54) is 16.7 Å². The van der Waals surface area contributed by atoms with Gasteiger partial charge in [-0.15, -0.1) is 0 Å². The molecule has 0 atom stereocenters. The van der Waals surface area contributed by atoms with Crippen molar-refractivity contribution in [3.8, 4) is 11.1 Å². The summed E-state index contributed by atoms with van der Waals surface area (Å²) in [7, 11) is 0. The molecule has 0 radical (unpaired) electrons. The normalized spacial score (nSPS) is 10.7. The Morgan fingerprint density at radius 1 is 0.812 bits per heavy atom. The SMILES string of the molecule is CC(C)Cc1ccccc1-c1ccccc1. The third kappa shape index (κ3) is 2.52. The number of hydrogen-bond donors (Lipinski definition) is 0. The highest BCUT2D eigenvalue weighted by Gasteiger charge is 2.05. The second-order valence-electron chi connectivity index (χ2n) is 4.62. The molecular formula is C16H18. The van der Waals surface area contributed by atoms with Crippen LogP contribution in [0.1, 0.15) is 19.4 Å².